The fraction of sp³-hybridized carbons (Fsp3) is 0.160. The molecule has 0 saturated carbocycles. The highest BCUT2D eigenvalue weighted by atomic mass is 79.9. The predicted molar refractivity (Wildman–Crippen MR) is 126 cm³/mol. The average Bonchev–Trinajstić information content (AvgIpc) is 3.04. The van der Waals surface area contributed by atoms with Crippen molar-refractivity contribution in [3.63, 3.8) is 0 Å². The van der Waals surface area contributed by atoms with Gasteiger partial charge in [0.15, 0.2) is 0 Å². The standard InChI is InChI=1S/C25H21BrN2O4/c1-14-10-15(2)12-18(11-14)28-22(16-6-8-27-9-7-16)21(24(30)25(28)31)23(29)17-4-5-20(32-3)19(26)13-17/h4-13,22,29H,1-3H3/b23-21-. The van der Waals surface area contributed by atoms with Gasteiger partial charge in [0.1, 0.15) is 11.5 Å². The van der Waals surface area contributed by atoms with Crippen molar-refractivity contribution in [2.45, 2.75) is 19.9 Å². The van der Waals surface area contributed by atoms with E-state index in [-0.39, 0.29) is 11.3 Å². The number of methoxy groups -OCH3 is 1. The number of aliphatic hydroxyl groups excluding tert-OH is 1. The number of carbonyl (C=O) groups is 2. The van der Waals surface area contributed by atoms with E-state index in [1.54, 1.807) is 49.8 Å². The van der Waals surface area contributed by atoms with Gasteiger partial charge in [0, 0.05) is 23.6 Å². The van der Waals surface area contributed by atoms with Crippen molar-refractivity contribution in [3.8, 4) is 5.75 Å². The van der Waals surface area contributed by atoms with Crippen molar-refractivity contribution in [1.29, 1.82) is 0 Å². The summed E-state index contributed by atoms with van der Waals surface area (Å²) < 4.78 is 5.87. The van der Waals surface area contributed by atoms with Crippen molar-refractivity contribution in [2.75, 3.05) is 12.0 Å². The van der Waals surface area contributed by atoms with Crippen LogP contribution in [0, 0.1) is 13.8 Å². The lowest BCUT2D eigenvalue weighted by atomic mass is 9.95. The van der Waals surface area contributed by atoms with Crippen molar-refractivity contribution >= 4 is 39.1 Å². The number of ether oxygens (including phenoxy) is 1. The number of ketones is 1. The molecule has 1 N–H and O–H groups in total. The van der Waals surface area contributed by atoms with Gasteiger partial charge in [-0.3, -0.25) is 19.5 Å². The molecule has 2 heterocycles. The lowest BCUT2D eigenvalue weighted by molar-refractivity contribution is -0.132. The Morgan fingerprint density at radius 3 is 2.28 bits per heavy atom. The third-order valence-corrected chi connectivity index (χ3v) is 6.00. The van der Waals surface area contributed by atoms with Gasteiger partial charge in [0.25, 0.3) is 11.7 Å². The molecule has 162 valence electrons. The Bertz CT molecular complexity index is 1230. The Labute approximate surface area is 194 Å². The second-order valence-electron chi connectivity index (χ2n) is 7.64. The molecule has 2 aromatic carbocycles. The number of halogens is 1. The fourth-order valence-corrected chi connectivity index (χ4v) is 4.56. The normalized spacial score (nSPS) is 17.6. The summed E-state index contributed by atoms with van der Waals surface area (Å²) in [5, 5.41) is 11.2. The van der Waals surface area contributed by atoms with E-state index in [0.717, 1.165) is 11.1 Å². The predicted octanol–water partition coefficient (Wildman–Crippen LogP) is 5.10. The van der Waals surface area contributed by atoms with Crippen LogP contribution in [0.25, 0.3) is 5.76 Å². The van der Waals surface area contributed by atoms with Crippen LogP contribution in [-0.2, 0) is 9.59 Å². The molecule has 6 nitrogen and oxygen atoms in total. The quantitative estimate of drug-likeness (QED) is 0.311. The first-order chi connectivity index (χ1) is 15.3. The highest BCUT2D eigenvalue weighted by Crippen LogP contribution is 2.43. The number of rotatable bonds is 4. The molecule has 1 aromatic heterocycles. The molecule has 1 unspecified atom stereocenters. The van der Waals surface area contributed by atoms with Crippen LogP contribution >= 0.6 is 15.9 Å². The Kier molecular flexibility index (Phi) is 5.84. The molecule has 1 aliphatic rings. The molecule has 4 rings (SSSR count). The van der Waals surface area contributed by atoms with E-state index >= 15 is 0 Å². The van der Waals surface area contributed by atoms with Crippen molar-refractivity contribution in [3.05, 3.63) is 93.2 Å². The van der Waals surface area contributed by atoms with Gasteiger partial charge in [0.2, 0.25) is 0 Å². The number of anilines is 1. The average molecular weight is 493 g/mol. The topological polar surface area (TPSA) is 79.7 Å². The van der Waals surface area contributed by atoms with Crippen molar-refractivity contribution in [2.24, 2.45) is 0 Å². The van der Waals surface area contributed by atoms with Gasteiger partial charge in [-0.1, -0.05) is 6.07 Å². The summed E-state index contributed by atoms with van der Waals surface area (Å²) in [6.07, 6.45) is 3.20. The van der Waals surface area contributed by atoms with Crippen LogP contribution in [0.15, 0.2) is 71.0 Å². The number of aromatic nitrogens is 1. The maximum absolute atomic E-state index is 13.2. The SMILES string of the molecule is COc1ccc(/C(O)=C2/C(=O)C(=O)N(c3cc(C)cc(C)c3)C2c2ccncc2)cc1Br. The molecule has 7 heteroatoms. The van der Waals surface area contributed by atoms with Crippen LogP contribution < -0.4 is 9.64 Å². The Morgan fingerprint density at radius 2 is 1.69 bits per heavy atom. The maximum Gasteiger partial charge on any atom is 0.300 e. The first-order valence-corrected chi connectivity index (χ1v) is 10.7. The Morgan fingerprint density at radius 1 is 1.03 bits per heavy atom. The van der Waals surface area contributed by atoms with Crippen LogP contribution in [0.5, 0.6) is 5.75 Å². The van der Waals surface area contributed by atoms with E-state index in [2.05, 4.69) is 20.9 Å². The van der Waals surface area contributed by atoms with Crippen molar-refractivity contribution in [1.82, 2.24) is 4.98 Å². The summed E-state index contributed by atoms with van der Waals surface area (Å²) >= 11 is 3.41. The molecule has 1 amide bonds. The number of hydrogen-bond acceptors (Lipinski definition) is 5. The fourth-order valence-electron chi connectivity index (χ4n) is 4.02. The zero-order valence-electron chi connectivity index (χ0n) is 17.8. The summed E-state index contributed by atoms with van der Waals surface area (Å²) in [5.41, 5.74) is 3.63. The highest BCUT2D eigenvalue weighted by Gasteiger charge is 2.47. The number of hydrogen-bond donors (Lipinski definition) is 1. The van der Waals surface area contributed by atoms with Gasteiger partial charge in [-0.2, -0.15) is 0 Å². The first kappa shape index (κ1) is 21.8. The molecular weight excluding hydrogens is 472 g/mol. The zero-order valence-corrected chi connectivity index (χ0v) is 19.4. The number of pyridine rings is 1. The zero-order chi connectivity index (χ0) is 23.0. The molecule has 1 atom stereocenters. The number of nitrogens with zero attached hydrogens (tertiary/aromatic N) is 2. The van der Waals surface area contributed by atoms with Crippen LogP contribution in [0.3, 0.4) is 0 Å². The van der Waals surface area contributed by atoms with E-state index in [4.69, 9.17) is 4.74 Å². The first-order valence-electron chi connectivity index (χ1n) is 9.95. The van der Waals surface area contributed by atoms with Crippen LogP contribution in [0.1, 0.15) is 28.3 Å². The maximum atomic E-state index is 13.2. The molecule has 1 fully saturated rings. The lowest BCUT2D eigenvalue weighted by Gasteiger charge is -2.26. The smallest absolute Gasteiger partial charge is 0.300 e. The second kappa shape index (κ2) is 8.59. The Balaban J connectivity index is 1.95. The highest BCUT2D eigenvalue weighted by molar-refractivity contribution is 9.10. The van der Waals surface area contributed by atoms with Gasteiger partial charge in [-0.25, -0.2) is 0 Å². The van der Waals surface area contributed by atoms with Crippen LogP contribution in [-0.4, -0.2) is 28.9 Å². The number of Topliss-reactive ketones (excluding diaryl/α,β-unsaturated/α-hetero) is 1. The van der Waals surface area contributed by atoms with E-state index in [1.165, 1.54) is 4.90 Å². The summed E-state index contributed by atoms with van der Waals surface area (Å²) in [4.78, 5) is 31.9. The van der Waals surface area contributed by atoms with Gasteiger partial charge < -0.3 is 9.84 Å². The third-order valence-electron chi connectivity index (χ3n) is 5.38. The minimum atomic E-state index is -0.792. The Hall–Kier alpha value is -3.45. The molecule has 0 bridgehead atoms. The molecule has 3 aromatic rings. The summed E-state index contributed by atoms with van der Waals surface area (Å²) in [5.74, 6) is -1.09. The van der Waals surface area contributed by atoms with Crippen molar-refractivity contribution < 1.29 is 19.4 Å². The molecule has 1 saturated heterocycles. The molecule has 32 heavy (non-hydrogen) atoms. The van der Waals surface area contributed by atoms with Gasteiger partial charge in [-0.05, 0) is 88.9 Å². The largest absolute Gasteiger partial charge is 0.507 e. The van der Waals surface area contributed by atoms with Crippen LogP contribution in [0.4, 0.5) is 5.69 Å². The van der Waals surface area contributed by atoms with Gasteiger partial charge in [0.05, 0.1) is 23.2 Å². The number of aryl methyl sites for hydroxylation is 2. The molecule has 1 aliphatic heterocycles. The van der Waals surface area contributed by atoms with E-state index in [1.807, 2.05) is 32.0 Å². The van der Waals surface area contributed by atoms with Crippen LogP contribution in [0.2, 0.25) is 0 Å². The summed E-state index contributed by atoms with van der Waals surface area (Å²) in [7, 11) is 1.54. The molecular formula is C25H21BrN2O4. The molecule has 0 aliphatic carbocycles. The minimum Gasteiger partial charge on any atom is -0.507 e. The number of amides is 1. The summed E-state index contributed by atoms with van der Waals surface area (Å²) in [6, 6.07) is 13.4. The van der Waals surface area contributed by atoms with E-state index < -0.39 is 17.7 Å². The number of aliphatic hydroxyl groups is 1. The molecule has 0 radical (unpaired) electrons. The number of carbonyl (C=O) groups excluding carboxylic acids is 2. The summed E-state index contributed by atoms with van der Waals surface area (Å²) in [6.45, 7) is 3.87. The third kappa shape index (κ3) is 3.80. The molecule has 0 spiro atoms. The van der Waals surface area contributed by atoms with Gasteiger partial charge >= 0.3 is 0 Å². The number of benzene rings is 2. The second-order valence-corrected chi connectivity index (χ2v) is 8.50. The van der Waals surface area contributed by atoms with Gasteiger partial charge in [-0.15, -0.1) is 0 Å². The van der Waals surface area contributed by atoms with E-state index in [9.17, 15) is 14.7 Å². The monoisotopic (exact) mass is 492 g/mol. The lowest BCUT2D eigenvalue weighted by Crippen LogP contribution is -2.29. The van der Waals surface area contributed by atoms with E-state index in [0.29, 0.717) is 27.0 Å². The minimum absolute atomic E-state index is 0.0254.